The Hall–Kier alpha value is -3.79. The molecule has 0 saturated heterocycles. The third-order valence-corrected chi connectivity index (χ3v) is 6.75. The SMILES string of the molecule is COc1ccc([C@H]2c3c(oc4ccc(F)cc4c3=O)C(=O)N2c2nnc(CC(C)C)s2)cc1OC. The molecule has 0 aliphatic carbocycles. The number of hydrogen-bond acceptors (Lipinski definition) is 8. The van der Waals surface area contributed by atoms with E-state index in [0.717, 1.165) is 11.1 Å². The summed E-state index contributed by atoms with van der Waals surface area (Å²) in [5.74, 6) is 0.0863. The van der Waals surface area contributed by atoms with Crippen LogP contribution < -0.4 is 19.8 Å². The summed E-state index contributed by atoms with van der Waals surface area (Å²) in [4.78, 5) is 28.7. The van der Waals surface area contributed by atoms with Gasteiger partial charge in [0.15, 0.2) is 16.9 Å². The number of anilines is 1. The van der Waals surface area contributed by atoms with E-state index in [-0.39, 0.29) is 22.3 Å². The summed E-state index contributed by atoms with van der Waals surface area (Å²) in [5.41, 5.74) is 0.344. The molecule has 8 nitrogen and oxygen atoms in total. The molecule has 1 aliphatic rings. The van der Waals surface area contributed by atoms with Gasteiger partial charge in [0.25, 0.3) is 5.91 Å². The molecule has 0 saturated carbocycles. The topological polar surface area (TPSA) is 94.8 Å². The van der Waals surface area contributed by atoms with Gasteiger partial charge < -0.3 is 13.9 Å². The minimum atomic E-state index is -0.874. The van der Waals surface area contributed by atoms with Gasteiger partial charge in [0, 0.05) is 6.42 Å². The van der Waals surface area contributed by atoms with Gasteiger partial charge in [0.1, 0.15) is 16.4 Å². The van der Waals surface area contributed by atoms with Crippen LogP contribution in [0.5, 0.6) is 11.5 Å². The first kappa shape index (κ1) is 23.0. The number of hydrogen-bond donors (Lipinski definition) is 0. The molecule has 5 rings (SSSR count). The van der Waals surface area contributed by atoms with Crippen molar-refractivity contribution in [2.75, 3.05) is 19.1 Å². The largest absolute Gasteiger partial charge is 0.493 e. The van der Waals surface area contributed by atoms with E-state index in [0.29, 0.717) is 34.5 Å². The molecule has 1 aliphatic heterocycles. The number of methoxy groups -OCH3 is 2. The number of ether oxygens (including phenoxy) is 2. The van der Waals surface area contributed by atoms with Crippen LogP contribution in [-0.4, -0.2) is 30.3 Å². The maximum absolute atomic E-state index is 14.0. The lowest BCUT2D eigenvalue weighted by atomic mass is 9.98. The number of nitrogens with zero attached hydrogens (tertiary/aromatic N) is 3. The van der Waals surface area contributed by atoms with Crippen LogP contribution in [-0.2, 0) is 6.42 Å². The molecule has 35 heavy (non-hydrogen) atoms. The van der Waals surface area contributed by atoms with E-state index in [1.165, 1.54) is 42.6 Å². The molecule has 180 valence electrons. The van der Waals surface area contributed by atoms with E-state index in [4.69, 9.17) is 13.9 Å². The highest BCUT2D eigenvalue weighted by Gasteiger charge is 2.45. The van der Waals surface area contributed by atoms with Crippen molar-refractivity contribution in [2.24, 2.45) is 5.92 Å². The van der Waals surface area contributed by atoms with Gasteiger partial charge in [-0.1, -0.05) is 31.3 Å². The maximum atomic E-state index is 14.0. The van der Waals surface area contributed by atoms with E-state index in [1.54, 1.807) is 18.2 Å². The van der Waals surface area contributed by atoms with Crippen LogP contribution in [0.25, 0.3) is 11.0 Å². The van der Waals surface area contributed by atoms with Crippen LogP contribution in [0.2, 0.25) is 0 Å². The quantitative estimate of drug-likeness (QED) is 0.381. The molecule has 0 fully saturated rings. The van der Waals surface area contributed by atoms with Crippen molar-refractivity contribution in [3.63, 3.8) is 0 Å². The zero-order chi connectivity index (χ0) is 24.9. The molecule has 3 heterocycles. The minimum absolute atomic E-state index is 0.0571. The fourth-order valence-corrected chi connectivity index (χ4v) is 5.33. The number of halogens is 1. The first-order valence-corrected chi connectivity index (χ1v) is 11.8. The van der Waals surface area contributed by atoms with E-state index in [1.807, 2.05) is 0 Å². The summed E-state index contributed by atoms with van der Waals surface area (Å²) in [6.45, 7) is 4.13. The van der Waals surface area contributed by atoms with Crippen LogP contribution in [0.1, 0.15) is 46.6 Å². The Labute approximate surface area is 203 Å². The second kappa shape index (κ2) is 8.77. The van der Waals surface area contributed by atoms with Crippen molar-refractivity contribution in [1.82, 2.24) is 10.2 Å². The van der Waals surface area contributed by atoms with Crippen LogP contribution >= 0.6 is 11.3 Å². The lowest BCUT2D eigenvalue weighted by Crippen LogP contribution is -2.29. The summed E-state index contributed by atoms with van der Waals surface area (Å²) >= 11 is 1.28. The van der Waals surface area contributed by atoms with E-state index < -0.39 is 23.2 Å². The van der Waals surface area contributed by atoms with Crippen molar-refractivity contribution in [1.29, 1.82) is 0 Å². The third-order valence-electron chi connectivity index (χ3n) is 5.80. The molecule has 10 heteroatoms. The molecule has 0 radical (unpaired) electrons. The monoisotopic (exact) mass is 495 g/mol. The molecule has 0 N–H and O–H groups in total. The normalized spacial score (nSPS) is 15.2. The summed E-state index contributed by atoms with van der Waals surface area (Å²) < 4.78 is 30.7. The van der Waals surface area contributed by atoms with Crippen LogP contribution in [0, 0.1) is 11.7 Å². The molecule has 1 amide bonds. The van der Waals surface area contributed by atoms with Gasteiger partial charge in [-0.25, -0.2) is 4.39 Å². The van der Waals surface area contributed by atoms with Crippen molar-refractivity contribution in [3.05, 3.63) is 74.3 Å². The lowest BCUT2D eigenvalue weighted by molar-refractivity contribution is 0.0970. The average molecular weight is 496 g/mol. The fourth-order valence-electron chi connectivity index (χ4n) is 4.25. The Morgan fingerprint density at radius 1 is 1.09 bits per heavy atom. The highest BCUT2D eigenvalue weighted by atomic mass is 32.1. The smallest absolute Gasteiger partial charge is 0.297 e. The van der Waals surface area contributed by atoms with E-state index in [2.05, 4.69) is 24.0 Å². The third kappa shape index (κ3) is 3.83. The average Bonchev–Trinajstić information content (AvgIpc) is 3.40. The molecule has 2 aromatic heterocycles. The predicted octanol–water partition coefficient (Wildman–Crippen LogP) is 4.75. The number of rotatable bonds is 6. The first-order valence-electron chi connectivity index (χ1n) is 11.0. The van der Waals surface area contributed by atoms with Crippen molar-refractivity contribution in [2.45, 2.75) is 26.3 Å². The van der Waals surface area contributed by atoms with Crippen molar-refractivity contribution >= 4 is 33.3 Å². The Balaban J connectivity index is 1.75. The zero-order valence-electron chi connectivity index (χ0n) is 19.5. The second-order valence-corrected chi connectivity index (χ2v) is 9.62. The van der Waals surface area contributed by atoms with Crippen LogP contribution in [0.4, 0.5) is 9.52 Å². The summed E-state index contributed by atoms with van der Waals surface area (Å²) in [7, 11) is 3.02. The van der Waals surface area contributed by atoms with Gasteiger partial charge in [0.2, 0.25) is 10.9 Å². The van der Waals surface area contributed by atoms with Crippen LogP contribution in [0.15, 0.2) is 45.6 Å². The molecule has 4 aromatic rings. The standard InChI is InChI=1S/C25H22FN3O5S/c1-12(2)9-19-27-28-25(35-19)29-21(13-5-7-17(32-3)18(10-13)33-4)20-22(30)15-11-14(26)6-8-16(15)34-23(20)24(29)31/h5-8,10-12,21H,9H2,1-4H3/t21-/m0/s1. The number of benzene rings is 2. The number of fused-ring (bicyclic) bond motifs is 2. The summed E-state index contributed by atoms with van der Waals surface area (Å²) in [6.07, 6.45) is 0.702. The molecule has 1 atom stereocenters. The van der Waals surface area contributed by atoms with Gasteiger partial charge in [-0.3, -0.25) is 14.5 Å². The van der Waals surface area contributed by atoms with Crippen molar-refractivity contribution in [3.8, 4) is 11.5 Å². The Morgan fingerprint density at radius 3 is 2.57 bits per heavy atom. The molecule has 0 bridgehead atoms. The highest BCUT2D eigenvalue weighted by molar-refractivity contribution is 7.15. The zero-order valence-corrected chi connectivity index (χ0v) is 20.3. The Bertz CT molecular complexity index is 1510. The number of carbonyl (C=O) groups excluding carboxylic acids is 1. The molecular formula is C25H22FN3O5S. The minimum Gasteiger partial charge on any atom is -0.493 e. The lowest BCUT2D eigenvalue weighted by Gasteiger charge is -2.23. The molecule has 0 unspecified atom stereocenters. The Kier molecular flexibility index (Phi) is 5.76. The summed E-state index contributed by atoms with van der Waals surface area (Å²) in [6, 6.07) is 7.91. The second-order valence-electron chi connectivity index (χ2n) is 8.58. The van der Waals surface area contributed by atoms with Gasteiger partial charge in [0.05, 0.1) is 31.2 Å². The number of amides is 1. The molecular weight excluding hydrogens is 473 g/mol. The van der Waals surface area contributed by atoms with Crippen LogP contribution in [0.3, 0.4) is 0 Å². The predicted molar refractivity (Wildman–Crippen MR) is 129 cm³/mol. The van der Waals surface area contributed by atoms with Crippen molar-refractivity contribution < 1.29 is 23.1 Å². The van der Waals surface area contributed by atoms with Gasteiger partial charge in [-0.05, 0) is 41.8 Å². The van der Waals surface area contributed by atoms with Gasteiger partial charge in [-0.15, -0.1) is 10.2 Å². The fraction of sp³-hybridized carbons (Fsp3) is 0.280. The van der Waals surface area contributed by atoms with Gasteiger partial charge >= 0.3 is 0 Å². The first-order chi connectivity index (χ1) is 16.8. The summed E-state index contributed by atoms with van der Waals surface area (Å²) in [5, 5.41) is 9.68. The van der Waals surface area contributed by atoms with E-state index >= 15 is 0 Å². The van der Waals surface area contributed by atoms with E-state index in [9.17, 15) is 14.0 Å². The molecule has 2 aromatic carbocycles. The maximum Gasteiger partial charge on any atom is 0.297 e. The Morgan fingerprint density at radius 2 is 1.86 bits per heavy atom. The number of carbonyl (C=O) groups is 1. The molecule has 0 spiro atoms. The number of aromatic nitrogens is 2. The van der Waals surface area contributed by atoms with Gasteiger partial charge in [-0.2, -0.15) is 0 Å². The highest BCUT2D eigenvalue weighted by Crippen LogP contribution is 2.44.